The van der Waals surface area contributed by atoms with Gasteiger partial charge in [0.25, 0.3) is 0 Å². The zero-order valence-corrected chi connectivity index (χ0v) is 7.80. The number of H-pyrrole nitrogens is 1. The van der Waals surface area contributed by atoms with Crippen LogP contribution in [0.2, 0.25) is 0 Å². The summed E-state index contributed by atoms with van der Waals surface area (Å²) in [6, 6.07) is 2.23. The van der Waals surface area contributed by atoms with E-state index < -0.39 is 0 Å². The minimum Gasteiger partial charge on any atom is -0.281 e. The van der Waals surface area contributed by atoms with E-state index in [9.17, 15) is 0 Å². The molecule has 0 radical (unpaired) electrons. The molecule has 1 aliphatic rings. The van der Waals surface area contributed by atoms with Gasteiger partial charge in [0.2, 0.25) is 0 Å². The minimum absolute atomic E-state index is 0.527. The normalized spacial score (nSPS) is 17.5. The van der Waals surface area contributed by atoms with Gasteiger partial charge in [-0.2, -0.15) is 10.4 Å². The molecule has 1 aromatic rings. The third kappa shape index (κ3) is 1.33. The van der Waals surface area contributed by atoms with Crippen LogP contribution in [0.1, 0.15) is 48.6 Å². The third-order valence-corrected chi connectivity index (χ3v) is 2.83. The molecule has 0 aliphatic heterocycles. The zero-order valence-electron chi connectivity index (χ0n) is 7.80. The molecule has 1 heterocycles. The fraction of sp³-hybridized carbons (Fsp3) is 0.600. The molecule has 13 heavy (non-hydrogen) atoms. The summed E-state index contributed by atoms with van der Waals surface area (Å²) in [5.74, 6) is 0.527. The lowest BCUT2D eigenvalue weighted by Gasteiger charge is -2.04. The topological polar surface area (TPSA) is 52.5 Å². The maximum atomic E-state index is 8.94. The van der Waals surface area contributed by atoms with Crippen LogP contribution in [0.3, 0.4) is 0 Å². The molecule has 3 nitrogen and oxygen atoms in total. The largest absolute Gasteiger partial charge is 0.281 e. The third-order valence-electron chi connectivity index (χ3n) is 2.83. The van der Waals surface area contributed by atoms with E-state index in [4.69, 9.17) is 5.26 Å². The number of aryl methyl sites for hydroxylation is 1. The highest BCUT2D eigenvalue weighted by molar-refractivity contribution is 5.38. The Balaban J connectivity index is 2.34. The molecule has 1 aliphatic carbocycles. The number of nitrogens with one attached hydrogen (secondary N) is 1. The van der Waals surface area contributed by atoms with Gasteiger partial charge in [-0.1, -0.05) is 12.8 Å². The highest BCUT2D eigenvalue weighted by Crippen LogP contribution is 2.34. The van der Waals surface area contributed by atoms with Gasteiger partial charge < -0.3 is 0 Å². The SMILES string of the molecule is Cc1[nH]nc(C2CCCC2)c1C#N. The Morgan fingerprint density at radius 3 is 2.77 bits per heavy atom. The van der Waals surface area contributed by atoms with Gasteiger partial charge in [-0.05, 0) is 19.8 Å². The van der Waals surface area contributed by atoms with E-state index >= 15 is 0 Å². The molecule has 1 aromatic heterocycles. The molecule has 68 valence electrons. The predicted molar refractivity (Wildman–Crippen MR) is 49.2 cm³/mol. The van der Waals surface area contributed by atoms with Crippen LogP contribution in [0.5, 0.6) is 0 Å². The van der Waals surface area contributed by atoms with E-state index in [-0.39, 0.29) is 0 Å². The molecule has 1 N–H and O–H groups in total. The fourth-order valence-electron chi connectivity index (χ4n) is 2.08. The molecule has 1 fully saturated rings. The molecular formula is C10H13N3. The second-order valence-electron chi connectivity index (χ2n) is 3.70. The molecule has 0 saturated heterocycles. The standard InChI is InChI=1S/C10H13N3/c1-7-9(6-11)10(13-12-7)8-4-2-3-5-8/h8H,2-5H2,1H3,(H,12,13). The van der Waals surface area contributed by atoms with Crippen LogP contribution in [-0.4, -0.2) is 10.2 Å². The van der Waals surface area contributed by atoms with Crippen LogP contribution in [0.4, 0.5) is 0 Å². The summed E-state index contributed by atoms with van der Waals surface area (Å²) in [6.07, 6.45) is 4.95. The van der Waals surface area contributed by atoms with Crippen molar-refractivity contribution in [3.05, 3.63) is 17.0 Å². The van der Waals surface area contributed by atoms with E-state index in [1.54, 1.807) is 0 Å². The number of aromatic nitrogens is 2. The molecule has 1 saturated carbocycles. The average molecular weight is 175 g/mol. The molecule has 0 spiro atoms. The zero-order chi connectivity index (χ0) is 9.26. The minimum atomic E-state index is 0.527. The summed E-state index contributed by atoms with van der Waals surface area (Å²) >= 11 is 0. The van der Waals surface area contributed by atoms with Crippen LogP contribution in [0, 0.1) is 18.3 Å². The Hall–Kier alpha value is -1.30. The molecule has 2 rings (SSSR count). The lowest BCUT2D eigenvalue weighted by Crippen LogP contribution is -1.95. The smallest absolute Gasteiger partial charge is 0.103 e. The van der Waals surface area contributed by atoms with Crippen molar-refractivity contribution in [2.45, 2.75) is 38.5 Å². The van der Waals surface area contributed by atoms with Gasteiger partial charge in [-0.15, -0.1) is 0 Å². The highest BCUT2D eigenvalue weighted by Gasteiger charge is 2.23. The molecule has 3 heteroatoms. The quantitative estimate of drug-likeness (QED) is 0.711. The Morgan fingerprint density at radius 2 is 2.15 bits per heavy atom. The summed E-state index contributed by atoms with van der Waals surface area (Å²) in [6.45, 7) is 1.91. The van der Waals surface area contributed by atoms with Crippen LogP contribution in [0.15, 0.2) is 0 Å². The maximum absolute atomic E-state index is 8.94. The Morgan fingerprint density at radius 1 is 1.46 bits per heavy atom. The first-order valence-electron chi connectivity index (χ1n) is 4.78. The van der Waals surface area contributed by atoms with Crippen molar-refractivity contribution in [1.29, 1.82) is 5.26 Å². The van der Waals surface area contributed by atoms with Crippen molar-refractivity contribution < 1.29 is 0 Å². The lowest BCUT2D eigenvalue weighted by atomic mass is 10.00. The maximum Gasteiger partial charge on any atom is 0.103 e. The number of nitrogens with zero attached hydrogens (tertiary/aromatic N) is 2. The molecule has 0 atom stereocenters. The van der Waals surface area contributed by atoms with Crippen molar-refractivity contribution in [3.63, 3.8) is 0 Å². The van der Waals surface area contributed by atoms with Gasteiger partial charge in [0.05, 0.1) is 17.0 Å². The Bertz CT molecular complexity index is 340. The van der Waals surface area contributed by atoms with E-state index in [1.807, 2.05) is 6.92 Å². The second kappa shape index (κ2) is 3.21. The van der Waals surface area contributed by atoms with Crippen LogP contribution >= 0.6 is 0 Å². The van der Waals surface area contributed by atoms with Crippen LogP contribution < -0.4 is 0 Å². The average Bonchev–Trinajstić information content (AvgIpc) is 2.71. The van der Waals surface area contributed by atoms with Crippen molar-refractivity contribution in [3.8, 4) is 6.07 Å². The van der Waals surface area contributed by atoms with Crippen molar-refractivity contribution in [1.82, 2.24) is 10.2 Å². The van der Waals surface area contributed by atoms with Gasteiger partial charge in [0.15, 0.2) is 0 Å². The van der Waals surface area contributed by atoms with E-state index in [1.165, 1.54) is 25.7 Å². The van der Waals surface area contributed by atoms with Crippen molar-refractivity contribution >= 4 is 0 Å². The van der Waals surface area contributed by atoms with E-state index in [0.29, 0.717) is 5.92 Å². The number of rotatable bonds is 1. The summed E-state index contributed by atoms with van der Waals surface area (Å²) in [5, 5.41) is 16.1. The molecule has 0 aromatic carbocycles. The predicted octanol–water partition coefficient (Wildman–Crippen LogP) is 2.25. The van der Waals surface area contributed by atoms with Gasteiger partial charge in [0, 0.05) is 5.92 Å². The molecule has 0 amide bonds. The Labute approximate surface area is 77.8 Å². The summed E-state index contributed by atoms with van der Waals surface area (Å²) in [5.41, 5.74) is 2.67. The van der Waals surface area contributed by atoms with Crippen LogP contribution in [0.25, 0.3) is 0 Å². The Kier molecular flexibility index (Phi) is 2.05. The van der Waals surface area contributed by atoms with Gasteiger partial charge >= 0.3 is 0 Å². The van der Waals surface area contributed by atoms with Crippen LogP contribution in [-0.2, 0) is 0 Å². The van der Waals surface area contributed by atoms with Crippen molar-refractivity contribution in [2.24, 2.45) is 0 Å². The number of hydrogen-bond donors (Lipinski definition) is 1. The summed E-state index contributed by atoms with van der Waals surface area (Å²) in [4.78, 5) is 0. The first-order valence-corrected chi connectivity index (χ1v) is 4.78. The van der Waals surface area contributed by atoms with Crippen molar-refractivity contribution in [2.75, 3.05) is 0 Å². The van der Waals surface area contributed by atoms with E-state index in [2.05, 4.69) is 16.3 Å². The first kappa shape index (κ1) is 8.31. The lowest BCUT2D eigenvalue weighted by molar-refractivity contribution is 0.691. The number of hydrogen-bond acceptors (Lipinski definition) is 2. The van der Waals surface area contributed by atoms with E-state index in [0.717, 1.165) is 17.0 Å². The fourth-order valence-corrected chi connectivity index (χ4v) is 2.08. The summed E-state index contributed by atoms with van der Waals surface area (Å²) < 4.78 is 0. The van der Waals surface area contributed by atoms with Gasteiger partial charge in [-0.25, -0.2) is 0 Å². The number of nitriles is 1. The number of aromatic amines is 1. The second-order valence-corrected chi connectivity index (χ2v) is 3.70. The molecule has 0 unspecified atom stereocenters. The highest BCUT2D eigenvalue weighted by atomic mass is 15.1. The molecule has 0 bridgehead atoms. The molecular weight excluding hydrogens is 162 g/mol. The van der Waals surface area contributed by atoms with Gasteiger partial charge in [0.1, 0.15) is 6.07 Å². The first-order chi connectivity index (χ1) is 6.33. The summed E-state index contributed by atoms with van der Waals surface area (Å²) in [7, 11) is 0. The van der Waals surface area contributed by atoms with Gasteiger partial charge in [-0.3, -0.25) is 5.10 Å². The monoisotopic (exact) mass is 175 g/mol.